The van der Waals surface area contributed by atoms with Crippen LogP contribution in [-0.2, 0) is 0 Å². The van der Waals surface area contributed by atoms with Crippen LogP contribution in [0.3, 0.4) is 0 Å². The first-order valence-corrected chi connectivity index (χ1v) is 6.42. The molecule has 0 spiro atoms. The Kier molecular flexibility index (Phi) is 7.67. The zero-order valence-electron chi connectivity index (χ0n) is 5.53. The van der Waals surface area contributed by atoms with Crippen molar-refractivity contribution < 1.29 is 0 Å². The summed E-state index contributed by atoms with van der Waals surface area (Å²) in [4.78, 5) is 2.21. The Hall–Kier alpha value is 0.350. The second-order valence-electron chi connectivity index (χ2n) is 1.59. The van der Waals surface area contributed by atoms with E-state index in [0.717, 1.165) is 6.42 Å². The molecular weight excluding hydrogens is 212 g/mol. The first kappa shape index (κ1) is 8.35. The van der Waals surface area contributed by atoms with Crippen molar-refractivity contribution in [1.29, 1.82) is 0 Å². The summed E-state index contributed by atoms with van der Waals surface area (Å²) in [5, 5.41) is 0. The monoisotopic (exact) mass is 226 g/mol. The van der Waals surface area contributed by atoms with Gasteiger partial charge in [-0.2, -0.15) is 0 Å². The predicted molar refractivity (Wildman–Crippen MR) is 38.9 cm³/mol. The average molecular weight is 224 g/mol. The zero-order chi connectivity index (χ0) is 6.24. The fraction of sp³-hybridized carbons (Fsp3) is 0.714. The summed E-state index contributed by atoms with van der Waals surface area (Å²) in [6.45, 7) is 2.20. The standard InChI is InChI=1S/C7H12Te/c1-3-4-5-6-7-8-2/h3-5H2,1-2H3. The molecule has 46 valence electrons. The zero-order valence-corrected chi connectivity index (χ0v) is 7.86. The minimum atomic E-state index is 0.0876. The predicted octanol–water partition coefficient (Wildman–Crippen LogP) is 1.89. The van der Waals surface area contributed by atoms with Crippen LogP contribution in [0.5, 0.6) is 0 Å². The molecule has 0 saturated carbocycles. The van der Waals surface area contributed by atoms with Crippen molar-refractivity contribution in [2.75, 3.05) is 0 Å². The Bertz CT molecular complexity index is 86.3. The number of unbranched alkanes of at least 4 members (excludes halogenated alkanes) is 2. The Morgan fingerprint density at radius 1 is 1.50 bits per heavy atom. The molecule has 0 heterocycles. The molecule has 0 nitrogen and oxygen atoms in total. The molecular formula is C7H12Te. The van der Waals surface area contributed by atoms with Gasteiger partial charge in [0, 0.05) is 0 Å². The Morgan fingerprint density at radius 3 is 2.75 bits per heavy atom. The van der Waals surface area contributed by atoms with Gasteiger partial charge < -0.3 is 0 Å². The molecule has 0 atom stereocenters. The van der Waals surface area contributed by atoms with E-state index in [-0.39, 0.29) is 20.9 Å². The molecule has 1 heteroatoms. The van der Waals surface area contributed by atoms with Crippen LogP contribution in [0.1, 0.15) is 26.2 Å². The van der Waals surface area contributed by atoms with E-state index in [4.69, 9.17) is 0 Å². The van der Waals surface area contributed by atoms with Gasteiger partial charge >= 0.3 is 62.0 Å². The van der Waals surface area contributed by atoms with Crippen molar-refractivity contribution in [3.63, 3.8) is 0 Å². The molecule has 0 aliphatic rings. The Balaban J connectivity index is 2.90. The maximum absolute atomic E-state index is 3.16. The van der Waals surface area contributed by atoms with Gasteiger partial charge in [0.1, 0.15) is 0 Å². The van der Waals surface area contributed by atoms with Crippen LogP contribution in [0, 0.1) is 9.89 Å². The first-order chi connectivity index (χ1) is 3.91. The summed E-state index contributed by atoms with van der Waals surface area (Å²) in [5.41, 5.74) is 0. The van der Waals surface area contributed by atoms with E-state index in [2.05, 4.69) is 21.8 Å². The van der Waals surface area contributed by atoms with Crippen molar-refractivity contribution in [2.45, 2.75) is 31.2 Å². The van der Waals surface area contributed by atoms with E-state index in [1.807, 2.05) is 0 Å². The number of hydrogen-bond donors (Lipinski definition) is 0. The second kappa shape index (κ2) is 7.35. The molecule has 0 aliphatic carbocycles. The molecule has 0 aliphatic heterocycles. The molecule has 0 rings (SSSR count). The third-order valence-corrected chi connectivity index (χ3v) is 1.82. The van der Waals surface area contributed by atoms with E-state index >= 15 is 0 Å². The van der Waals surface area contributed by atoms with Crippen LogP contribution in [-0.4, -0.2) is 20.9 Å². The third-order valence-electron chi connectivity index (χ3n) is 0.830. The summed E-state index contributed by atoms with van der Waals surface area (Å²) in [7, 11) is 0. The molecule has 0 aromatic heterocycles. The molecule has 0 bridgehead atoms. The van der Waals surface area contributed by atoms with Crippen molar-refractivity contribution in [3.05, 3.63) is 0 Å². The molecule has 0 amide bonds. The van der Waals surface area contributed by atoms with Gasteiger partial charge in [-0.1, -0.05) is 0 Å². The van der Waals surface area contributed by atoms with Gasteiger partial charge in [-0.05, 0) is 0 Å². The summed E-state index contributed by atoms with van der Waals surface area (Å²) < 4.78 is 3.16. The van der Waals surface area contributed by atoms with Crippen LogP contribution in [0.25, 0.3) is 0 Å². The van der Waals surface area contributed by atoms with Crippen LogP contribution >= 0.6 is 0 Å². The Morgan fingerprint density at radius 2 is 2.25 bits per heavy atom. The molecule has 0 radical (unpaired) electrons. The van der Waals surface area contributed by atoms with Crippen molar-refractivity contribution in [1.82, 2.24) is 0 Å². The van der Waals surface area contributed by atoms with E-state index in [9.17, 15) is 0 Å². The van der Waals surface area contributed by atoms with Gasteiger partial charge in [0.2, 0.25) is 0 Å². The molecule has 8 heavy (non-hydrogen) atoms. The van der Waals surface area contributed by atoms with E-state index in [1.54, 1.807) is 0 Å². The van der Waals surface area contributed by atoms with Gasteiger partial charge in [-0.15, -0.1) is 0 Å². The second-order valence-corrected chi connectivity index (χ2v) is 3.33. The summed E-state index contributed by atoms with van der Waals surface area (Å²) in [6, 6.07) is 0. The fourth-order valence-corrected chi connectivity index (χ4v) is 1.09. The van der Waals surface area contributed by atoms with Gasteiger partial charge in [-0.3, -0.25) is 0 Å². The van der Waals surface area contributed by atoms with E-state index < -0.39 is 0 Å². The van der Waals surface area contributed by atoms with Gasteiger partial charge in [0.15, 0.2) is 0 Å². The van der Waals surface area contributed by atoms with Crippen molar-refractivity contribution >= 4 is 20.9 Å². The average Bonchev–Trinajstić information content (AvgIpc) is 1.81. The van der Waals surface area contributed by atoms with Crippen LogP contribution in [0.2, 0.25) is 4.97 Å². The summed E-state index contributed by atoms with van der Waals surface area (Å²) in [6.07, 6.45) is 3.67. The molecule has 0 N–H and O–H groups in total. The normalized spacial score (nSPS) is 7.75. The first-order valence-electron chi connectivity index (χ1n) is 2.92. The SMILES string of the molecule is CCCCC#C[Te]C. The molecule has 0 aromatic carbocycles. The fourth-order valence-electron chi connectivity index (χ4n) is 0.388. The molecule has 0 saturated heterocycles. The van der Waals surface area contributed by atoms with Gasteiger partial charge in [0.25, 0.3) is 0 Å². The number of hydrogen-bond acceptors (Lipinski definition) is 0. The molecule has 0 aromatic rings. The summed E-state index contributed by atoms with van der Waals surface area (Å²) >= 11 is 0.0876. The maximum atomic E-state index is 3.16. The van der Waals surface area contributed by atoms with Gasteiger partial charge in [0.05, 0.1) is 0 Å². The van der Waals surface area contributed by atoms with E-state index in [1.165, 1.54) is 12.8 Å². The third kappa shape index (κ3) is 6.35. The van der Waals surface area contributed by atoms with Crippen molar-refractivity contribution in [3.8, 4) is 9.89 Å². The van der Waals surface area contributed by atoms with Crippen LogP contribution in [0.4, 0.5) is 0 Å². The van der Waals surface area contributed by atoms with E-state index in [0.29, 0.717) is 0 Å². The molecule has 0 unspecified atom stereocenters. The summed E-state index contributed by atoms with van der Waals surface area (Å²) in [5.74, 6) is 3.14. The van der Waals surface area contributed by atoms with Crippen LogP contribution in [0.15, 0.2) is 0 Å². The minimum absolute atomic E-state index is 0.0876. The Labute approximate surface area is 62.1 Å². The number of rotatable bonds is 2. The van der Waals surface area contributed by atoms with Gasteiger partial charge in [-0.25, -0.2) is 0 Å². The quantitative estimate of drug-likeness (QED) is 0.381. The topological polar surface area (TPSA) is 0 Å². The molecule has 0 fully saturated rings. The van der Waals surface area contributed by atoms with Crippen LogP contribution < -0.4 is 0 Å². The van der Waals surface area contributed by atoms with Crippen molar-refractivity contribution in [2.24, 2.45) is 0 Å².